The van der Waals surface area contributed by atoms with Gasteiger partial charge in [-0.2, -0.15) is 13.2 Å². The zero-order chi connectivity index (χ0) is 22.6. The molecule has 1 aliphatic heterocycles. The average Bonchev–Trinajstić information content (AvgIpc) is 2.73. The number of piperidine rings is 1. The number of hydrogen-bond acceptors (Lipinski definition) is 4. The molecule has 5 nitrogen and oxygen atoms in total. The highest BCUT2D eigenvalue weighted by atomic mass is 19.4. The Labute approximate surface area is 180 Å². The smallest absolute Gasteiger partial charge is 0.421 e. The first-order chi connectivity index (χ1) is 14.6. The number of ether oxygens (including phenoxy) is 1. The van der Waals surface area contributed by atoms with Crippen molar-refractivity contribution in [3.63, 3.8) is 0 Å². The summed E-state index contributed by atoms with van der Waals surface area (Å²) in [5.41, 5.74) is 0.344. The Balaban J connectivity index is 1.69. The monoisotopic (exact) mass is 435 g/mol. The largest absolute Gasteiger partial charge is 0.476 e. The van der Waals surface area contributed by atoms with E-state index >= 15 is 0 Å². The first-order valence-corrected chi connectivity index (χ1v) is 10.3. The normalized spacial score (nSPS) is 19.7. The molecule has 0 saturated carbocycles. The van der Waals surface area contributed by atoms with E-state index in [1.807, 2.05) is 25.1 Å². The molecule has 0 aliphatic carbocycles. The number of nitrogens with zero attached hydrogens (tertiary/aromatic N) is 1. The van der Waals surface area contributed by atoms with Gasteiger partial charge in [0.05, 0.1) is 5.41 Å². The van der Waals surface area contributed by atoms with Gasteiger partial charge in [-0.25, -0.2) is 4.98 Å². The van der Waals surface area contributed by atoms with Crippen LogP contribution in [0, 0.1) is 12.3 Å². The van der Waals surface area contributed by atoms with Crippen molar-refractivity contribution in [2.45, 2.75) is 45.3 Å². The number of aromatic nitrogens is 1. The number of benzene rings is 1. The van der Waals surface area contributed by atoms with Crippen molar-refractivity contribution in [1.82, 2.24) is 15.6 Å². The molecule has 2 heterocycles. The summed E-state index contributed by atoms with van der Waals surface area (Å²) in [7, 11) is 0. The maximum atomic E-state index is 13.2. The molecule has 0 bridgehead atoms. The number of nitrogens with one attached hydrogen (secondary N) is 2. The van der Waals surface area contributed by atoms with E-state index in [-0.39, 0.29) is 24.5 Å². The van der Waals surface area contributed by atoms with Crippen molar-refractivity contribution in [3.05, 3.63) is 59.3 Å². The van der Waals surface area contributed by atoms with Gasteiger partial charge in [0.1, 0.15) is 12.2 Å². The first-order valence-electron chi connectivity index (χ1n) is 10.3. The number of alkyl halides is 3. The van der Waals surface area contributed by atoms with Crippen LogP contribution in [-0.4, -0.2) is 36.6 Å². The molecule has 1 amide bonds. The SMILES string of the molecule is Cc1ccccc1C1CNCCC1NC(=O)C(C)(C)COc1ncccc1C(F)(F)F. The van der Waals surface area contributed by atoms with E-state index in [1.165, 1.54) is 17.8 Å². The second-order valence-corrected chi connectivity index (χ2v) is 8.56. The molecule has 0 radical (unpaired) electrons. The Morgan fingerprint density at radius 3 is 2.68 bits per heavy atom. The molecular formula is C23H28F3N3O2. The lowest BCUT2D eigenvalue weighted by Crippen LogP contribution is -2.52. The number of halogens is 3. The third-order valence-electron chi connectivity index (χ3n) is 5.65. The second kappa shape index (κ2) is 9.26. The number of aryl methyl sites for hydroxylation is 1. The van der Waals surface area contributed by atoms with Crippen LogP contribution in [0.25, 0.3) is 0 Å². The fourth-order valence-electron chi connectivity index (χ4n) is 3.76. The maximum absolute atomic E-state index is 13.2. The summed E-state index contributed by atoms with van der Waals surface area (Å²) in [5, 5.41) is 6.49. The molecule has 2 atom stereocenters. The van der Waals surface area contributed by atoms with Crippen LogP contribution >= 0.6 is 0 Å². The molecule has 1 aliphatic rings. The minimum absolute atomic E-state index is 0.0743. The van der Waals surface area contributed by atoms with Gasteiger partial charge >= 0.3 is 6.18 Å². The Hall–Kier alpha value is -2.61. The number of amides is 1. The highest BCUT2D eigenvalue weighted by Crippen LogP contribution is 2.35. The van der Waals surface area contributed by atoms with Crippen LogP contribution in [0.1, 0.15) is 42.9 Å². The van der Waals surface area contributed by atoms with Crippen molar-refractivity contribution in [3.8, 4) is 5.88 Å². The zero-order valence-electron chi connectivity index (χ0n) is 17.9. The molecule has 2 aromatic rings. The minimum atomic E-state index is -4.58. The Kier molecular flexibility index (Phi) is 6.89. The van der Waals surface area contributed by atoms with Crippen molar-refractivity contribution in [1.29, 1.82) is 0 Å². The number of pyridine rings is 1. The first kappa shape index (κ1) is 23.1. The lowest BCUT2D eigenvalue weighted by Gasteiger charge is -2.36. The molecule has 8 heteroatoms. The summed E-state index contributed by atoms with van der Waals surface area (Å²) >= 11 is 0. The molecule has 2 N–H and O–H groups in total. The lowest BCUT2D eigenvalue weighted by atomic mass is 9.83. The van der Waals surface area contributed by atoms with Crippen LogP contribution in [0.15, 0.2) is 42.6 Å². The van der Waals surface area contributed by atoms with E-state index in [1.54, 1.807) is 13.8 Å². The molecule has 168 valence electrons. The predicted molar refractivity (Wildman–Crippen MR) is 112 cm³/mol. The van der Waals surface area contributed by atoms with Gasteiger partial charge in [0.2, 0.25) is 11.8 Å². The van der Waals surface area contributed by atoms with Gasteiger partial charge in [-0.1, -0.05) is 24.3 Å². The summed E-state index contributed by atoms with van der Waals surface area (Å²) in [4.78, 5) is 16.7. The van der Waals surface area contributed by atoms with Gasteiger partial charge in [-0.3, -0.25) is 4.79 Å². The third kappa shape index (κ3) is 5.55. The fourth-order valence-corrected chi connectivity index (χ4v) is 3.76. The van der Waals surface area contributed by atoms with E-state index in [4.69, 9.17) is 4.74 Å². The molecule has 2 unspecified atom stereocenters. The van der Waals surface area contributed by atoms with Crippen molar-refractivity contribution >= 4 is 5.91 Å². The van der Waals surface area contributed by atoms with E-state index in [0.717, 1.165) is 31.1 Å². The Bertz CT molecular complexity index is 915. The number of carbonyl (C=O) groups excluding carboxylic acids is 1. The third-order valence-corrected chi connectivity index (χ3v) is 5.65. The molecule has 1 aromatic heterocycles. The van der Waals surface area contributed by atoms with Gasteiger partial charge in [0.15, 0.2) is 0 Å². The molecular weight excluding hydrogens is 407 g/mol. The van der Waals surface area contributed by atoms with Crippen LogP contribution in [-0.2, 0) is 11.0 Å². The van der Waals surface area contributed by atoms with Crippen LogP contribution in [0.3, 0.4) is 0 Å². The van der Waals surface area contributed by atoms with Gasteiger partial charge in [0.25, 0.3) is 0 Å². The number of hydrogen-bond donors (Lipinski definition) is 2. The van der Waals surface area contributed by atoms with Crippen molar-refractivity contribution in [2.75, 3.05) is 19.7 Å². The molecule has 1 fully saturated rings. The zero-order valence-corrected chi connectivity index (χ0v) is 17.9. The summed E-state index contributed by atoms with van der Waals surface area (Å²) < 4.78 is 44.9. The molecule has 31 heavy (non-hydrogen) atoms. The van der Waals surface area contributed by atoms with Crippen LogP contribution in [0.4, 0.5) is 13.2 Å². The minimum Gasteiger partial charge on any atom is -0.476 e. The summed E-state index contributed by atoms with van der Waals surface area (Å²) in [6.45, 7) is 6.66. The summed E-state index contributed by atoms with van der Waals surface area (Å²) in [6.07, 6.45) is -2.58. The summed E-state index contributed by atoms with van der Waals surface area (Å²) in [6, 6.07) is 10.1. The quantitative estimate of drug-likeness (QED) is 0.718. The van der Waals surface area contributed by atoms with Crippen LogP contribution in [0.5, 0.6) is 5.88 Å². The highest BCUT2D eigenvalue weighted by molar-refractivity contribution is 5.82. The van der Waals surface area contributed by atoms with Crippen molar-refractivity contribution < 1.29 is 22.7 Å². The van der Waals surface area contributed by atoms with Gasteiger partial charge in [-0.05, 0) is 57.0 Å². The Morgan fingerprint density at radius 2 is 1.97 bits per heavy atom. The number of rotatable bonds is 6. The van der Waals surface area contributed by atoms with Crippen molar-refractivity contribution in [2.24, 2.45) is 5.41 Å². The fraction of sp³-hybridized carbons (Fsp3) is 0.478. The van der Waals surface area contributed by atoms with Crippen LogP contribution < -0.4 is 15.4 Å². The molecule has 1 aromatic carbocycles. The van der Waals surface area contributed by atoms with E-state index in [2.05, 4.69) is 21.7 Å². The topological polar surface area (TPSA) is 63.2 Å². The predicted octanol–water partition coefficient (Wildman–Crippen LogP) is 4.08. The van der Waals surface area contributed by atoms with E-state index in [9.17, 15) is 18.0 Å². The molecule has 0 spiro atoms. The number of carbonyl (C=O) groups is 1. The van der Waals surface area contributed by atoms with Gasteiger partial charge in [-0.15, -0.1) is 0 Å². The molecule has 3 rings (SSSR count). The second-order valence-electron chi connectivity index (χ2n) is 8.56. The standard InChI is InChI=1S/C23H28F3N3O2/c1-15-7-4-5-8-16(15)17-13-27-12-10-19(17)29-21(30)22(2,3)14-31-20-18(23(24,25)26)9-6-11-28-20/h4-9,11,17,19,27H,10,12-14H2,1-3H3,(H,29,30). The van der Waals surface area contributed by atoms with E-state index < -0.39 is 23.0 Å². The highest BCUT2D eigenvalue weighted by Gasteiger charge is 2.38. The van der Waals surface area contributed by atoms with Gasteiger partial charge in [0, 0.05) is 24.7 Å². The maximum Gasteiger partial charge on any atom is 0.421 e. The average molecular weight is 435 g/mol. The van der Waals surface area contributed by atoms with Crippen LogP contribution in [0.2, 0.25) is 0 Å². The van der Waals surface area contributed by atoms with E-state index in [0.29, 0.717) is 0 Å². The van der Waals surface area contributed by atoms with Gasteiger partial charge < -0.3 is 15.4 Å². The molecule has 1 saturated heterocycles. The lowest BCUT2D eigenvalue weighted by molar-refractivity contribution is -0.139. The Morgan fingerprint density at radius 1 is 1.23 bits per heavy atom. The summed E-state index contributed by atoms with van der Waals surface area (Å²) in [5.74, 6) is -0.666.